The van der Waals surface area contributed by atoms with Crippen molar-refractivity contribution in [3.63, 3.8) is 0 Å². The van der Waals surface area contributed by atoms with Crippen LogP contribution in [0.25, 0.3) is 0 Å². The van der Waals surface area contributed by atoms with Crippen LogP contribution in [0.15, 0.2) is 5.38 Å². The molecule has 12 heteroatoms. The van der Waals surface area contributed by atoms with Crippen LogP contribution in [-0.2, 0) is 15.7 Å². The van der Waals surface area contributed by atoms with Crippen molar-refractivity contribution >= 4 is 28.5 Å². The fourth-order valence-corrected chi connectivity index (χ4v) is 4.02. The van der Waals surface area contributed by atoms with Gasteiger partial charge in [-0.15, -0.1) is 11.3 Å². The number of aliphatic hydroxyl groups excluding tert-OH is 1. The number of carbonyl (C=O) groups is 2. The summed E-state index contributed by atoms with van der Waals surface area (Å²) in [5, 5.41) is 13.6. The molecule has 2 fully saturated rings. The van der Waals surface area contributed by atoms with Crippen molar-refractivity contribution in [2.24, 2.45) is 0 Å². The third kappa shape index (κ3) is 3.94. The number of thiazole rings is 1. The minimum absolute atomic E-state index is 0.191. The summed E-state index contributed by atoms with van der Waals surface area (Å²) in [4.78, 5) is 30.8. The molecular formula is C16H21F3N4O4S. The molecule has 1 spiro atoms. The molecule has 0 bridgehead atoms. The number of nitrogens with zero attached hydrogens (tertiary/aromatic N) is 3. The Hall–Kier alpha value is -1.92. The van der Waals surface area contributed by atoms with Gasteiger partial charge in [-0.3, -0.25) is 10.1 Å². The van der Waals surface area contributed by atoms with E-state index in [1.54, 1.807) is 20.8 Å². The quantitative estimate of drug-likeness (QED) is 0.720. The molecule has 0 saturated carbocycles. The minimum Gasteiger partial charge on any atom is -0.444 e. The number of carbonyl (C=O) groups excluding carboxylic acids is 2. The molecule has 1 unspecified atom stereocenters. The molecule has 0 radical (unpaired) electrons. The van der Waals surface area contributed by atoms with Crippen molar-refractivity contribution < 1.29 is 32.6 Å². The Bertz CT molecular complexity index is 769. The number of likely N-dealkylation sites (tertiary alicyclic amines) is 1. The van der Waals surface area contributed by atoms with Gasteiger partial charge in [-0.25, -0.2) is 14.7 Å². The number of hydrogen-bond acceptors (Lipinski definition) is 7. The van der Waals surface area contributed by atoms with Crippen LogP contribution in [0.4, 0.5) is 23.1 Å². The highest BCUT2D eigenvalue weighted by atomic mass is 32.1. The van der Waals surface area contributed by atoms with Gasteiger partial charge in [0.25, 0.3) is 5.91 Å². The Balaban J connectivity index is 1.71. The summed E-state index contributed by atoms with van der Waals surface area (Å²) in [5.41, 5.74) is -2.93. The van der Waals surface area contributed by atoms with E-state index in [0.29, 0.717) is 11.3 Å². The van der Waals surface area contributed by atoms with Crippen LogP contribution < -0.4 is 10.2 Å². The molecule has 1 atom stereocenters. The fourth-order valence-electron chi connectivity index (χ4n) is 3.17. The molecule has 28 heavy (non-hydrogen) atoms. The molecule has 2 aliphatic heterocycles. The van der Waals surface area contributed by atoms with Crippen molar-refractivity contribution in [1.29, 1.82) is 0 Å². The second-order valence-electron chi connectivity index (χ2n) is 7.76. The van der Waals surface area contributed by atoms with Crippen LogP contribution in [-0.4, -0.2) is 57.6 Å². The lowest BCUT2D eigenvalue weighted by Crippen LogP contribution is -2.56. The normalized spacial score (nSPS) is 22.8. The lowest BCUT2D eigenvalue weighted by atomic mass is 9.87. The zero-order valence-corrected chi connectivity index (χ0v) is 16.4. The van der Waals surface area contributed by atoms with E-state index in [-0.39, 0.29) is 31.1 Å². The summed E-state index contributed by atoms with van der Waals surface area (Å²) < 4.78 is 43.6. The number of amides is 2. The number of rotatable bonds is 1. The van der Waals surface area contributed by atoms with Gasteiger partial charge < -0.3 is 14.7 Å². The Morgan fingerprint density at radius 1 is 1.36 bits per heavy atom. The number of halogens is 3. The predicted octanol–water partition coefficient (Wildman–Crippen LogP) is 2.14. The van der Waals surface area contributed by atoms with E-state index in [0.717, 1.165) is 10.3 Å². The highest BCUT2D eigenvalue weighted by molar-refractivity contribution is 7.14. The third-order valence-electron chi connectivity index (χ3n) is 4.54. The summed E-state index contributed by atoms with van der Waals surface area (Å²) in [6.07, 6.45) is -6.24. The van der Waals surface area contributed by atoms with E-state index in [1.807, 2.05) is 0 Å². The van der Waals surface area contributed by atoms with E-state index in [4.69, 9.17) is 4.74 Å². The minimum atomic E-state index is -4.63. The maximum absolute atomic E-state index is 12.9. The smallest absolute Gasteiger partial charge is 0.434 e. The first-order valence-electron chi connectivity index (χ1n) is 8.62. The number of aliphatic hydroxyl groups is 1. The van der Waals surface area contributed by atoms with Crippen LogP contribution >= 0.6 is 11.3 Å². The number of ether oxygens (including phenoxy) is 1. The number of piperidine rings is 1. The molecule has 156 valence electrons. The summed E-state index contributed by atoms with van der Waals surface area (Å²) in [6.45, 7) is 5.65. The van der Waals surface area contributed by atoms with Crippen molar-refractivity contribution in [2.75, 3.05) is 18.0 Å². The van der Waals surface area contributed by atoms with Gasteiger partial charge in [-0.05, 0) is 33.6 Å². The van der Waals surface area contributed by atoms with Crippen molar-refractivity contribution in [3.05, 3.63) is 11.1 Å². The Kier molecular flexibility index (Phi) is 5.09. The average Bonchev–Trinajstić information content (AvgIpc) is 3.11. The Labute approximate surface area is 163 Å². The van der Waals surface area contributed by atoms with E-state index in [9.17, 15) is 27.9 Å². The lowest BCUT2D eigenvalue weighted by Gasteiger charge is -2.38. The fraction of sp³-hybridized carbons (Fsp3) is 0.688. The third-order valence-corrected chi connectivity index (χ3v) is 5.38. The summed E-state index contributed by atoms with van der Waals surface area (Å²) in [6, 6.07) is 0. The van der Waals surface area contributed by atoms with Crippen LogP contribution in [0.1, 0.15) is 39.3 Å². The molecular weight excluding hydrogens is 401 g/mol. The first-order valence-corrected chi connectivity index (χ1v) is 9.50. The summed E-state index contributed by atoms with van der Waals surface area (Å²) >= 11 is 0.630. The first-order chi connectivity index (χ1) is 12.8. The van der Waals surface area contributed by atoms with Crippen LogP contribution in [0.2, 0.25) is 0 Å². The maximum atomic E-state index is 12.9. The number of alkyl halides is 3. The zero-order valence-electron chi connectivity index (χ0n) is 15.5. The van der Waals surface area contributed by atoms with Gasteiger partial charge in [0.2, 0.25) is 0 Å². The van der Waals surface area contributed by atoms with Gasteiger partial charge >= 0.3 is 12.3 Å². The molecule has 3 rings (SSSR count). The molecule has 2 aliphatic rings. The molecule has 2 amide bonds. The van der Waals surface area contributed by atoms with E-state index >= 15 is 0 Å². The van der Waals surface area contributed by atoms with Gasteiger partial charge in [-0.2, -0.15) is 13.2 Å². The van der Waals surface area contributed by atoms with Crippen molar-refractivity contribution in [1.82, 2.24) is 15.2 Å². The number of anilines is 1. The van der Waals surface area contributed by atoms with Crippen LogP contribution in [0, 0.1) is 0 Å². The highest BCUT2D eigenvalue weighted by Gasteiger charge is 2.54. The van der Waals surface area contributed by atoms with E-state index < -0.39 is 41.4 Å². The second-order valence-corrected chi connectivity index (χ2v) is 8.59. The van der Waals surface area contributed by atoms with E-state index in [1.165, 1.54) is 4.90 Å². The molecule has 0 aliphatic carbocycles. The summed E-state index contributed by atoms with van der Waals surface area (Å²) in [5.74, 6) is -0.563. The first kappa shape index (κ1) is 20.8. The summed E-state index contributed by atoms with van der Waals surface area (Å²) in [7, 11) is 0. The number of aromatic nitrogens is 1. The molecule has 2 N–H and O–H groups in total. The van der Waals surface area contributed by atoms with Gasteiger partial charge in [-0.1, -0.05) is 0 Å². The van der Waals surface area contributed by atoms with E-state index in [2.05, 4.69) is 10.3 Å². The molecule has 2 saturated heterocycles. The topological polar surface area (TPSA) is 95.0 Å². The van der Waals surface area contributed by atoms with Crippen LogP contribution in [0.5, 0.6) is 0 Å². The zero-order chi connectivity index (χ0) is 20.9. The average molecular weight is 422 g/mol. The largest absolute Gasteiger partial charge is 0.444 e. The predicted molar refractivity (Wildman–Crippen MR) is 93.5 cm³/mol. The highest BCUT2D eigenvalue weighted by Crippen LogP contribution is 2.38. The molecule has 3 heterocycles. The number of hydrogen-bond donors (Lipinski definition) is 2. The molecule has 8 nitrogen and oxygen atoms in total. The molecule has 0 aromatic carbocycles. The van der Waals surface area contributed by atoms with Gasteiger partial charge in [0, 0.05) is 18.5 Å². The lowest BCUT2D eigenvalue weighted by molar-refractivity contribution is -0.140. The van der Waals surface area contributed by atoms with Crippen molar-refractivity contribution in [3.8, 4) is 0 Å². The Morgan fingerprint density at radius 2 is 1.96 bits per heavy atom. The number of nitrogens with one attached hydrogen (secondary N) is 1. The molecule has 1 aromatic heterocycles. The van der Waals surface area contributed by atoms with Crippen LogP contribution in [0.3, 0.4) is 0 Å². The maximum Gasteiger partial charge on any atom is 0.434 e. The van der Waals surface area contributed by atoms with Gasteiger partial charge in [0.05, 0.1) is 0 Å². The van der Waals surface area contributed by atoms with Gasteiger partial charge in [0.1, 0.15) is 11.1 Å². The monoisotopic (exact) mass is 422 g/mol. The Morgan fingerprint density at radius 3 is 2.46 bits per heavy atom. The molecule has 1 aromatic rings. The van der Waals surface area contributed by atoms with Crippen molar-refractivity contribution in [2.45, 2.75) is 57.3 Å². The second kappa shape index (κ2) is 6.85. The SMILES string of the molecule is CC(C)(C)OC(=O)N1CCC2(CC1)NC(O)N(c1nc(C(F)(F)F)cs1)C2=O. The van der Waals surface area contributed by atoms with Gasteiger partial charge in [0.15, 0.2) is 17.2 Å². The standard InChI is InChI=1S/C16H21F3N4O4S/c1-14(2,3)27-13(26)22-6-4-15(5-7-22)10(24)23(11(25)21-15)12-20-9(8-28-12)16(17,18)19/h8,11,21,25H,4-7H2,1-3H3.